The Morgan fingerprint density at radius 2 is 1.58 bits per heavy atom. The Kier molecular flexibility index (Phi) is 11.9. The summed E-state index contributed by atoms with van der Waals surface area (Å²) in [6.45, 7) is 5.84. The van der Waals surface area contributed by atoms with E-state index in [9.17, 15) is 18.0 Å². The number of rotatable bonds is 13. The number of nitrogens with one attached hydrogen (secondary N) is 1. The predicted molar refractivity (Wildman–Crippen MR) is 173 cm³/mol. The molecular formula is C32H39Cl2N3O5S. The average molecular weight is 649 g/mol. The van der Waals surface area contributed by atoms with E-state index in [1.165, 1.54) is 11.4 Å². The van der Waals surface area contributed by atoms with Gasteiger partial charge in [-0.05, 0) is 74.7 Å². The number of methoxy groups -OCH3 is 1. The molecule has 0 spiro atoms. The summed E-state index contributed by atoms with van der Waals surface area (Å²) in [6, 6.07) is 20.4. The molecule has 0 aliphatic carbocycles. The molecule has 0 heterocycles. The van der Waals surface area contributed by atoms with Gasteiger partial charge in [0.25, 0.3) is 0 Å². The maximum absolute atomic E-state index is 14.0. The van der Waals surface area contributed by atoms with Crippen LogP contribution in [-0.2, 0) is 32.6 Å². The van der Waals surface area contributed by atoms with Crippen molar-refractivity contribution in [2.75, 3.05) is 24.2 Å². The molecule has 0 fully saturated rings. The number of carbonyl (C=O) groups is 2. The van der Waals surface area contributed by atoms with Gasteiger partial charge in [0.1, 0.15) is 11.8 Å². The molecule has 2 amide bonds. The number of ether oxygens (including phenoxy) is 1. The van der Waals surface area contributed by atoms with Gasteiger partial charge in [-0.3, -0.25) is 13.9 Å². The summed E-state index contributed by atoms with van der Waals surface area (Å²) < 4.78 is 31.8. The van der Waals surface area contributed by atoms with E-state index in [4.69, 9.17) is 27.9 Å². The minimum Gasteiger partial charge on any atom is -0.497 e. The number of amides is 2. The first-order chi connectivity index (χ1) is 20.2. The third-order valence-electron chi connectivity index (χ3n) is 6.62. The Labute approximate surface area is 265 Å². The molecule has 232 valence electrons. The van der Waals surface area contributed by atoms with E-state index in [0.717, 1.165) is 11.8 Å². The molecule has 3 aromatic rings. The molecule has 1 unspecified atom stereocenters. The standard InChI is InChI=1S/C32H39Cl2N3O5S/c1-32(2,3)35-31(39)29(21-23-10-7-6-8-11-23)36(22-24-13-18-27(33)28(34)20-24)30(38)12-9-19-37(43(5,40)41)25-14-16-26(42-4)17-15-25/h6-8,10-11,13-18,20,29H,9,12,19,21-22H2,1-5H3,(H,35,39). The van der Waals surface area contributed by atoms with Crippen molar-refractivity contribution in [1.82, 2.24) is 10.2 Å². The molecule has 0 saturated heterocycles. The second-order valence-corrected chi connectivity index (χ2v) is 14.1. The number of benzene rings is 3. The molecule has 3 rings (SSSR count). The molecule has 0 bridgehead atoms. The lowest BCUT2D eigenvalue weighted by Crippen LogP contribution is -2.54. The Balaban J connectivity index is 1.91. The molecule has 1 atom stereocenters. The van der Waals surface area contributed by atoms with E-state index in [1.54, 1.807) is 47.4 Å². The average Bonchev–Trinajstić information content (AvgIpc) is 2.94. The summed E-state index contributed by atoms with van der Waals surface area (Å²) in [5.41, 5.74) is 1.54. The summed E-state index contributed by atoms with van der Waals surface area (Å²) in [5.74, 6) is 0.0170. The van der Waals surface area contributed by atoms with Crippen LogP contribution in [0.1, 0.15) is 44.7 Å². The maximum Gasteiger partial charge on any atom is 0.243 e. The van der Waals surface area contributed by atoms with E-state index in [1.807, 2.05) is 51.1 Å². The number of halogens is 2. The smallest absolute Gasteiger partial charge is 0.243 e. The molecule has 8 nitrogen and oxygen atoms in total. The van der Waals surface area contributed by atoms with E-state index >= 15 is 0 Å². The number of nitrogens with zero attached hydrogens (tertiary/aromatic N) is 2. The normalized spacial score (nSPS) is 12.3. The van der Waals surface area contributed by atoms with Crippen LogP contribution in [0.2, 0.25) is 10.0 Å². The van der Waals surface area contributed by atoms with Crippen LogP contribution >= 0.6 is 23.2 Å². The minimum atomic E-state index is -3.63. The van der Waals surface area contributed by atoms with Crippen LogP contribution in [0.4, 0.5) is 5.69 Å². The Bertz CT molecular complexity index is 1490. The largest absolute Gasteiger partial charge is 0.497 e. The monoisotopic (exact) mass is 647 g/mol. The molecule has 0 saturated carbocycles. The number of sulfonamides is 1. The molecule has 0 aliphatic rings. The quantitative estimate of drug-likeness (QED) is 0.242. The van der Waals surface area contributed by atoms with Gasteiger partial charge in [-0.1, -0.05) is 59.6 Å². The van der Waals surface area contributed by atoms with Crippen LogP contribution in [0.25, 0.3) is 0 Å². The zero-order valence-corrected chi connectivity index (χ0v) is 27.5. The van der Waals surface area contributed by atoms with Crippen LogP contribution in [-0.4, -0.2) is 56.6 Å². The summed E-state index contributed by atoms with van der Waals surface area (Å²) in [7, 11) is -2.09. The summed E-state index contributed by atoms with van der Waals surface area (Å²) >= 11 is 12.4. The third kappa shape index (κ3) is 10.4. The highest BCUT2D eigenvalue weighted by atomic mass is 35.5. The molecular weight excluding hydrogens is 609 g/mol. The number of carbonyl (C=O) groups excluding carboxylic acids is 2. The highest BCUT2D eigenvalue weighted by Gasteiger charge is 2.32. The summed E-state index contributed by atoms with van der Waals surface area (Å²) in [6.07, 6.45) is 1.66. The number of anilines is 1. The van der Waals surface area contributed by atoms with Gasteiger partial charge in [-0.25, -0.2) is 8.42 Å². The van der Waals surface area contributed by atoms with Gasteiger partial charge in [0.15, 0.2) is 0 Å². The topological polar surface area (TPSA) is 96.0 Å². The van der Waals surface area contributed by atoms with Crippen molar-refractivity contribution in [2.24, 2.45) is 0 Å². The van der Waals surface area contributed by atoms with Crippen molar-refractivity contribution >= 4 is 50.7 Å². The zero-order valence-electron chi connectivity index (χ0n) is 25.1. The van der Waals surface area contributed by atoms with Gasteiger partial charge < -0.3 is 15.0 Å². The molecule has 0 aromatic heterocycles. The van der Waals surface area contributed by atoms with E-state index in [2.05, 4.69) is 5.32 Å². The molecule has 3 aromatic carbocycles. The maximum atomic E-state index is 14.0. The van der Waals surface area contributed by atoms with Crippen molar-refractivity contribution < 1.29 is 22.7 Å². The van der Waals surface area contributed by atoms with Crippen molar-refractivity contribution in [3.05, 3.63) is 94.0 Å². The van der Waals surface area contributed by atoms with Gasteiger partial charge >= 0.3 is 0 Å². The number of hydrogen-bond donors (Lipinski definition) is 1. The highest BCUT2D eigenvalue weighted by Crippen LogP contribution is 2.26. The van der Waals surface area contributed by atoms with Gasteiger partial charge in [0.2, 0.25) is 21.8 Å². The molecule has 0 radical (unpaired) electrons. The van der Waals surface area contributed by atoms with Crippen molar-refractivity contribution in [2.45, 2.75) is 58.2 Å². The molecule has 1 N–H and O–H groups in total. The number of hydrogen-bond acceptors (Lipinski definition) is 5. The lowest BCUT2D eigenvalue weighted by molar-refractivity contribution is -0.142. The predicted octanol–water partition coefficient (Wildman–Crippen LogP) is 6.10. The molecule has 43 heavy (non-hydrogen) atoms. The summed E-state index contributed by atoms with van der Waals surface area (Å²) in [5, 5.41) is 3.75. The van der Waals surface area contributed by atoms with Crippen LogP contribution < -0.4 is 14.4 Å². The fraction of sp³-hybridized carbons (Fsp3) is 0.375. The Morgan fingerprint density at radius 3 is 2.14 bits per heavy atom. The van der Waals surface area contributed by atoms with Crippen LogP contribution in [0.15, 0.2) is 72.8 Å². The fourth-order valence-electron chi connectivity index (χ4n) is 4.59. The highest BCUT2D eigenvalue weighted by molar-refractivity contribution is 7.92. The molecule has 0 aliphatic heterocycles. The Morgan fingerprint density at radius 1 is 0.930 bits per heavy atom. The Hall–Kier alpha value is -3.27. The van der Waals surface area contributed by atoms with Gasteiger partial charge in [0, 0.05) is 31.5 Å². The van der Waals surface area contributed by atoms with Crippen LogP contribution in [0.3, 0.4) is 0 Å². The van der Waals surface area contributed by atoms with Crippen molar-refractivity contribution in [1.29, 1.82) is 0 Å². The second kappa shape index (κ2) is 14.9. The first-order valence-electron chi connectivity index (χ1n) is 13.9. The zero-order chi connectivity index (χ0) is 31.8. The molecule has 11 heteroatoms. The minimum absolute atomic E-state index is 0.0115. The third-order valence-corrected chi connectivity index (χ3v) is 8.55. The SMILES string of the molecule is COc1ccc(N(CCCC(=O)N(Cc2ccc(Cl)c(Cl)c2)C(Cc2ccccc2)C(=O)NC(C)(C)C)S(C)(=O)=O)cc1. The van der Waals surface area contributed by atoms with Gasteiger partial charge in [-0.2, -0.15) is 0 Å². The van der Waals surface area contributed by atoms with Crippen LogP contribution in [0.5, 0.6) is 5.75 Å². The van der Waals surface area contributed by atoms with Crippen molar-refractivity contribution in [3.8, 4) is 5.75 Å². The van der Waals surface area contributed by atoms with E-state index in [-0.39, 0.29) is 44.2 Å². The van der Waals surface area contributed by atoms with Gasteiger partial charge in [-0.15, -0.1) is 0 Å². The van der Waals surface area contributed by atoms with Crippen LogP contribution in [0, 0.1) is 0 Å². The van der Waals surface area contributed by atoms with Crippen molar-refractivity contribution in [3.63, 3.8) is 0 Å². The van der Waals surface area contributed by atoms with E-state index < -0.39 is 21.6 Å². The first kappa shape index (κ1) is 34.2. The first-order valence-corrected chi connectivity index (χ1v) is 16.5. The summed E-state index contributed by atoms with van der Waals surface area (Å²) in [4.78, 5) is 29.2. The lowest BCUT2D eigenvalue weighted by Gasteiger charge is -2.34. The lowest BCUT2D eigenvalue weighted by atomic mass is 10.00. The fourth-order valence-corrected chi connectivity index (χ4v) is 5.88. The van der Waals surface area contributed by atoms with Gasteiger partial charge in [0.05, 0.1) is 29.1 Å². The van der Waals surface area contributed by atoms with E-state index in [0.29, 0.717) is 27.0 Å². The second-order valence-electron chi connectivity index (χ2n) is 11.4.